The Morgan fingerprint density at radius 3 is 2.03 bits per heavy atom. The summed E-state index contributed by atoms with van der Waals surface area (Å²) in [7, 11) is 0. The van der Waals surface area contributed by atoms with Crippen LogP contribution in [-0.4, -0.2) is 83.5 Å². The molecule has 3 atom stereocenters. The lowest BCUT2D eigenvalue weighted by molar-refractivity contribution is -0.123. The summed E-state index contributed by atoms with van der Waals surface area (Å²) >= 11 is 0. The normalized spacial score (nSPS) is 24.6. The van der Waals surface area contributed by atoms with E-state index in [0.717, 1.165) is 51.3 Å². The van der Waals surface area contributed by atoms with Crippen molar-refractivity contribution >= 4 is 12.9 Å². The number of fused-ring (bicyclic) bond motifs is 1. The van der Waals surface area contributed by atoms with Gasteiger partial charge in [-0.2, -0.15) is 0 Å². The fourth-order valence-electron chi connectivity index (χ4n) is 5.25. The molecule has 2 aliphatic heterocycles. The molecule has 186 valence electrons. The van der Waals surface area contributed by atoms with Gasteiger partial charge in [0, 0.05) is 19.6 Å². The molecule has 1 aromatic carbocycles. The van der Waals surface area contributed by atoms with Crippen LogP contribution >= 0.6 is 0 Å². The smallest absolute Gasteiger partial charge is 0.290 e. The minimum atomic E-state index is -0.250. The van der Waals surface area contributed by atoms with Gasteiger partial charge in [0.1, 0.15) is 5.75 Å². The van der Waals surface area contributed by atoms with Gasteiger partial charge in [-0.25, -0.2) is 0 Å². The lowest BCUT2D eigenvalue weighted by Gasteiger charge is -2.26. The molecule has 8 heteroatoms. The molecule has 33 heavy (non-hydrogen) atoms. The first-order chi connectivity index (χ1) is 16.1. The van der Waals surface area contributed by atoms with E-state index in [2.05, 4.69) is 34.1 Å². The van der Waals surface area contributed by atoms with Crippen LogP contribution in [0.5, 0.6) is 5.75 Å². The zero-order valence-corrected chi connectivity index (χ0v) is 19.6. The molecule has 4 rings (SSSR count). The molecular weight excluding hydrogens is 424 g/mol. The highest BCUT2D eigenvalue weighted by Crippen LogP contribution is 2.38. The Morgan fingerprint density at radius 2 is 1.45 bits per heavy atom. The van der Waals surface area contributed by atoms with Crippen molar-refractivity contribution in [2.75, 3.05) is 39.3 Å². The summed E-state index contributed by atoms with van der Waals surface area (Å²) in [6, 6.07) is 8.68. The molecule has 2 heterocycles. The van der Waals surface area contributed by atoms with Crippen LogP contribution < -0.4 is 4.74 Å². The summed E-state index contributed by atoms with van der Waals surface area (Å²) in [6.07, 6.45) is 8.52. The van der Waals surface area contributed by atoms with Crippen molar-refractivity contribution in [2.45, 2.75) is 57.6 Å². The molecule has 0 bridgehead atoms. The second-order valence-electron chi connectivity index (χ2n) is 9.15. The van der Waals surface area contributed by atoms with Crippen molar-refractivity contribution in [3.63, 3.8) is 0 Å². The average Bonchev–Trinajstić information content (AvgIpc) is 3.33. The van der Waals surface area contributed by atoms with E-state index in [4.69, 9.17) is 24.5 Å². The topological polar surface area (TPSA) is 111 Å². The monoisotopic (exact) mass is 464 g/mol. The zero-order chi connectivity index (χ0) is 23.9. The van der Waals surface area contributed by atoms with E-state index >= 15 is 0 Å². The summed E-state index contributed by atoms with van der Waals surface area (Å²) < 4.78 is 5.93. The third-order valence-corrected chi connectivity index (χ3v) is 6.72. The number of aliphatic hydroxyl groups excluding tert-OH is 1. The molecule has 0 radical (unpaired) electrons. The van der Waals surface area contributed by atoms with Gasteiger partial charge in [-0.05, 0) is 87.7 Å². The molecule has 1 aliphatic carbocycles. The highest BCUT2D eigenvalue weighted by atomic mass is 16.5. The largest absolute Gasteiger partial charge is 0.494 e. The van der Waals surface area contributed by atoms with Crippen LogP contribution in [0.15, 0.2) is 24.3 Å². The number of carbonyl (C=O) groups is 2. The number of carboxylic acid groups (broad SMARTS) is 2. The summed E-state index contributed by atoms with van der Waals surface area (Å²) in [5.41, 5.74) is 1.37. The van der Waals surface area contributed by atoms with Gasteiger partial charge in [-0.1, -0.05) is 18.6 Å². The minimum Gasteiger partial charge on any atom is -0.494 e. The van der Waals surface area contributed by atoms with E-state index in [1.54, 1.807) is 0 Å². The van der Waals surface area contributed by atoms with Crippen LogP contribution in [-0.2, 0) is 16.1 Å². The lowest BCUT2D eigenvalue weighted by Crippen LogP contribution is -2.30. The Balaban J connectivity index is 0.000000582. The van der Waals surface area contributed by atoms with E-state index in [0.29, 0.717) is 11.8 Å². The second kappa shape index (κ2) is 15.6. The van der Waals surface area contributed by atoms with Gasteiger partial charge >= 0.3 is 0 Å². The number of hydrogen-bond donors (Lipinski definition) is 3. The molecule has 8 nitrogen and oxygen atoms in total. The number of unbranched alkanes of at least 4 members (excludes halogenated alkanes) is 1. The number of likely N-dealkylation sites (tertiary alicyclic amines) is 2. The van der Waals surface area contributed by atoms with E-state index < -0.39 is 0 Å². The molecule has 3 N–H and O–H groups in total. The number of ether oxygens (including phenoxy) is 1. The first-order valence-electron chi connectivity index (χ1n) is 12.1. The van der Waals surface area contributed by atoms with Crippen LogP contribution in [0.25, 0.3) is 0 Å². The van der Waals surface area contributed by atoms with Crippen molar-refractivity contribution in [3.8, 4) is 5.75 Å². The summed E-state index contributed by atoms with van der Waals surface area (Å²) in [5, 5.41) is 23.6. The van der Waals surface area contributed by atoms with Crippen LogP contribution in [0, 0.1) is 11.8 Å². The number of aliphatic hydroxyl groups is 1. The number of nitrogens with zero attached hydrogens (tertiary/aromatic N) is 2. The highest BCUT2D eigenvalue weighted by molar-refractivity contribution is 5.33. The molecule has 1 aromatic rings. The van der Waals surface area contributed by atoms with Gasteiger partial charge in [0.2, 0.25) is 0 Å². The van der Waals surface area contributed by atoms with Gasteiger partial charge in [-0.3, -0.25) is 14.5 Å². The van der Waals surface area contributed by atoms with Crippen molar-refractivity contribution in [3.05, 3.63) is 29.8 Å². The molecule has 2 saturated heterocycles. The molecule has 0 spiro atoms. The number of benzene rings is 1. The third kappa shape index (κ3) is 10.1. The van der Waals surface area contributed by atoms with Crippen LogP contribution in [0.4, 0.5) is 0 Å². The van der Waals surface area contributed by atoms with Crippen LogP contribution in [0.3, 0.4) is 0 Å². The quantitative estimate of drug-likeness (QED) is 0.398. The van der Waals surface area contributed by atoms with Crippen molar-refractivity contribution in [1.82, 2.24) is 9.80 Å². The van der Waals surface area contributed by atoms with Gasteiger partial charge in [0.25, 0.3) is 12.9 Å². The molecule has 3 fully saturated rings. The SMILES string of the molecule is O=CO.O=CO.OC1C[C@@H]2CN(Cc3ccc(OCCCCN4CCCCC4)cc3)C[C@@H]2C1. The maximum atomic E-state index is 9.78. The van der Waals surface area contributed by atoms with E-state index in [-0.39, 0.29) is 19.0 Å². The van der Waals surface area contributed by atoms with Crippen molar-refractivity contribution in [1.29, 1.82) is 0 Å². The predicted octanol–water partition coefficient (Wildman–Crippen LogP) is 2.94. The van der Waals surface area contributed by atoms with E-state index in [1.165, 1.54) is 50.9 Å². The number of piperidine rings is 1. The van der Waals surface area contributed by atoms with Crippen LogP contribution in [0.1, 0.15) is 50.5 Å². The first kappa shape index (κ1) is 27.1. The van der Waals surface area contributed by atoms with Crippen molar-refractivity contribution < 1.29 is 29.6 Å². The standard InChI is InChI=1S/C23H36N2O2.2CH2O2/c26-22-14-20-17-25(18-21(20)15-22)16-19-6-8-23(9-7-19)27-13-5-4-12-24-10-2-1-3-11-24;2*2-1-3/h6-9,20-22,26H,1-5,10-18H2;2*1H,(H,2,3)/t20-,21+,22?;;. The highest BCUT2D eigenvalue weighted by Gasteiger charge is 2.39. The van der Waals surface area contributed by atoms with E-state index in [9.17, 15) is 5.11 Å². The van der Waals surface area contributed by atoms with E-state index in [1.807, 2.05) is 0 Å². The van der Waals surface area contributed by atoms with Gasteiger partial charge in [-0.15, -0.1) is 0 Å². The molecule has 0 aromatic heterocycles. The Hall–Kier alpha value is -2.16. The Morgan fingerprint density at radius 1 is 0.879 bits per heavy atom. The van der Waals surface area contributed by atoms with Gasteiger partial charge < -0.3 is 25.0 Å². The maximum Gasteiger partial charge on any atom is 0.290 e. The summed E-state index contributed by atoms with van der Waals surface area (Å²) in [6.45, 7) is 7.47. The maximum absolute atomic E-state index is 9.78. The van der Waals surface area contributed by atoms with Crippen LogP contribution in [0.2, 0.25) is 0 Å². The number of hydrogen-bond acceptors (Lipinski definition) is 6. The second-order valence-corrected chi connectivity index (χ2v) is 9.15. The molecule has 1 unspecified atom stereocenters. The fraction of sp³-hybridized carbons (Fsp3) is 0.680. The summed E-state index contributed by atoms with van der Waals surface area (Å²) in [5.74, 6) is 2.43. The Bertz CT molecular complexity index is 645. The number of rotatable bonds is 8. The molecule has 0 amide bonds. The molecule has 3 aliphatic rings. The minimum absolute atomic E-state index is 0.0431. The summed E-state index contributed by atoms with van der Waals surface area (Å²) in [4.78, 5) is 21.9. The molecular formula is C25H40N2O6. The zero-order valence-electron chi connectivity index (χ0n) is 19.6. The van der Waals surface area contributed by atoms with Gasteiger partial charge in [0.05, 0.1) is 12.7 Å². The fourth-order valence-corrected chi connectivity index (χ4v) is 5.25. The third-order valence-electron chi connectivity index (χ3n) is 6.72. The molecule has 1 saturated carbocycles. The predicted molar refractivity (Wildman–Crippen MR) is 126 cm³/mol. The van der Waals surface area contributed by atoms with Gasteiger partial charge in [0.15, 0.2) is 0 Å². The first-order valence-corrected chi connectivity index (χ1v) is 12.1. The van der Waals surface area contributed by atoms with Crippen molar-refractivity contribution in [2.24, 2.45) is 11.8 Å². The average molecular weight is 465 g/mol. The Kier molecular flexibility index (Phi) is 12.8. The lowest BCUT2D eigenvalue weighted by atomic mass is 10.0. The Labute approximate surface area is 197 Å².